The van der Waals surface area contributed by atoms with Gasteiger partial charge in [-0.1, -0.05) is 43.7 Å². The summed E-state index contributed by atoms with van der Waals surface area (Å²) in [4.78, 5) is 26.6. The number of hydrogen-bond donors (Lipinski definition) is 2. The van der Waals surface area contributed by atoms with E-state index >= 15 is 0 Å². The molecule has 3 N–H and O–H groups in total. The van der Waals surface area contributed by atoms with Crippen molar-refractivity contribution in [3.63, 3.8) is 0 Å². The average molecular weight is 467 g/mol. The summed E-state index contributed by atoms with van der Waals surface area (Å²) in [6, 6.07) is 11.0. The first-order valence-electron chi connectivity index (χ1n) is 12.8. The van der Waals surface area contributed by atoms with Crippen molar-refractivity contribution >= 4 is 17.0 Å². The summed E-state index contributed by atoms with van der Waals surface area (Å²) in [7, 11) is 0. The molecule has 0 radical (unpaired) electrons. The van der Waals surface area contributed by atoms with Gasteiger partial charge in [-0.2, -0.15) is 9.97 Å². The Hall–Kier alpha value is -2.87. The number of aryl methyl sites for hydroxylation is 2. The number of fused-ring (bicyclic) bond motifs is 1. The Labute approximate surface area is 201 Å². The molecule has 3 aromatic rings. The van der Waals surface area contributed by atoms with Crippen LogP contribution in [0.25, 0.3) is 11.2 Å². The monoisotopic (exact) mass is 466 g/mol. The van der Waals surface area contributed by atoms with Gasteiger partial charge in [-0.15, -0.1) is 0 Å². The van der Waals surface area contributed by atoms with Gasteiger partial charge >= 0.3 is 11.7 Å². The van der Waals surface area contributed by atoms with Crippen LogP contribution in [0, 0.1) is 5.92 Å². The zero-order chi connectivity index (χ0) is 23.8. The summed E-state index contributed by atoms with van der Waals surface area (Å²) in [6.07, 6.45) is 8.86. The van der Waals surface area contributed by atoms with E-state index in [4.69, 9.17) is 10.5 Å². The Bertz CT molecular complexity index is 1090. The van der Waals surface area contributed by atoms with Gasteiger partial charge in [0, 0.05) is 6.54 Å². The number of rotatable bonds is 12. The molecule has 1 aliphatic rings. The van der Waals surface area contributed by atoms with Gasteiger partial charge in [-0.25, -0.2) is 4.79 Å². The highest BCUT2D eigenvalue weighted by molar-refractivity contribution is 5.81. The number of piperidine rings is 1. The smallest absolute Gasteiger partial charge is 0.327 e. The quantitative estimate of drug-likeness (QED) is 0.391. The summed E-state index contributed by atoms with van der Waals surface area (Å²) in [6.45, 7) is 6.79. The molecule has 1 fully saturated rings. The Balaban J connectivity index is 1.23. The predicted octanol–water partition coefficient (Wildman–Crippen LogP) is 4.01. The highest BCUT2D eigenvalue weighted by atomic mass is 16.5. The molecule has 0 bridgehead atoms. The largest absolute Gasteiger partial charge is 0.463 e. The fraction of sp³-hybridized carbons (Fsp3) is 0.577. The number of nitrogens with two attached hydrogens (primary N) is 1. The molecule has 0 unspecified atom stereocenters. The van der Waals surface area contributed by atoms with Crippen LogP contribution in [-0.2, 0) is 13.0 Å². The minimum atomic E-state index is -0.185. The maximum absolute atomic E-state index is 12.5. The third-order valence-corrected chi connectivity index (χ3v) is 6.84. The number of hydrogen-bond acceptors (Lipinski definition) is 6. The topological polar surface area (TPSA) is 102 Å². The molecule has 0 amide bonds. The number of likely N-dealkylation sites (tertiary alicyclic amines) is 1. The number of ether oxygens (including phenoxy) is 1. The highest BCUT2D eigenvalue weighted by Crippen LogP contribution is 2.23. The van der Waals surface area contributed by atoms with Gasteiger partial charge in [-0.05, 0) is 76.1 Å². The van der Waals surface area contributed by atoms with E-state index in [-0.39, 0.29) is 17.5 Å². The van der Waals surface area contributed by atoms with E-state index in [1.54, 1.807) is 4.57 Å². The molecule has 0 spiro atoms. The molecule has 4 rings (SSSR count). The molecule has 2 aromatic heterocycles. The van der Waals surface area contributed by atoms with Gasteiger partial charge in [0.1, 0.15) is 5.52 Å². The van der Waals surface area contributed by atoms with Crippen molar-refractivity contribution in [2.24, 2.45) is 5.92 Å². The summed E-state index contributed by atoms with van der Waals surface area (Å²) >= 11 is 0. The molecule has 3 heterocycles. The van der Waals surface area contributed by atoms with E-state index in [2.05, 4.69) is 57.1 Å². The lowest BCUT2D eigenvalue weighted by atomic mass is 9.92. The number of benzene rings is 1. The number of nitrogens with zero attached hydrogens (tertiary/aromatic N) is 4. The SMILES string of the molecule is CCCCOc1nc(N)c2[nH]c(=O)n(CCCC3CCN(CCCc4ccccc4)CC3)c2n1. The van der Waals surface area contributed by atoms with Gasteiger partial charge < -0.3 is 20.4 Å². The number of imidazole rings is 1. The molecule has 0 atom stereocenters. The molecule has 1 aliphatic heterocycles. The van der Waals surface area contributed by atoms with Crippen molar-refractivity contribution in [2.45, 2.75) is 64.8 Å². The van der Waals surface area contributed by atoms with E-state index in [9.17, 15) is 4.79 Å². The Morgan fingerprint density at radius 2 is 1.88 bits per heavy atom. The lowest BCUT2D eigenvalue weighted by Gasteiger charge is -2.32. The first-order chi connectivity index (χ1) is 16.6. The van der Waals surface area contributed by atoms with E-state index in [1.165, 1.54) is 44.5 Å². The zero-order valence-corrected chi connectivity index (χ0v) is 20.3. The summed E-state index contributed by atoms with van der Waals surface area (Å²) in [5.41, 5.74) is 8.33. The molecule has 0 saturated carbocycles. The molecule has 8 heteroatoms. The molecule has 1 saturated heterocycles. The third kappa shape index (κ3) is 6.38. The van der Waals surface area contributed by atoms with Gasteiger partial charge in [0.15, 0.2) is 11.5 Å². The molecule has 8 nitrogen and oxygen atoms in total. The standard InChI is InChI=1S/C26H38N6O2/c1-2-3-19-34-25-29-23(27)22-24(30-25)32(26(33)28-22)16-8-12-21-13-17-31(18-14-21)15-7-11-20-9-5-4-6-10-20/h4-6,9-10,21H,2-3,7-8,11-19H2,1H3,(H,28,33)(H2,27,29,30). The summed E-state index contributed by atoms with van der Waals surface area (Å²) in [5.74, 6) is 0.978. The van der Waals surface area contributed by atoms with Crippen LogP contribution in [0.1, 0.15) is 57.4 Å². The van der Waals surface area contributed by atoms with Crippen LogP contribution in [-0.4, -0.2) is 50.7 Å². The number of H-pyrrole nitrogens is 1. The van der Waals surface area contributed by atoms with Crippen molar-refractivity contribution in [2.75, 3.05) is 32.0 Å². The Kier molecular flexibility index (Phi) is 8.57. The van der Waals surface area contributed by atoms with Crippen LogP contribution in [0.2, 0.25) is 0 Å². The maximum atomic E-state index is 12.5. The second-order valence-electron chi connectivity index (χ2n) is 9.39. The highest BCUT2D eigenvalue weighted by Gasteiger charge is 2.19. The van der Waals surface area contributed by atoms with E-state index in [0.717, 1.165) is 38.0 Å². The number of unbranched alkanes of at least 4 members (excludes halogenated alkanes) is 1. The van der Waals surface area contributed by atoms with E-state index in [0.29, 0.717) is 24.3 Å². The van der Waals surface area contributed by atoms with Crippen molar-refractivity contribution in [3.05, 3.63) is 46.4 Å². The lowest BCUT2D eigenvalue weighted by Crippen LogP contribution is -2.34. The molecule has 1 aromatic carbocycles. The first kappa shape index (κ1) is 24.3. The van der Waals surface area contributed by atoms with Gasteiger partial charge in [0.25, 0.3) is 0 Å². The number of aromatic nitrogens is 4. The minimum Gasteiger partial charge on any atom is -0.463 e. The minimum absolute atomic E-state index is 0.185. The van der Waals surface area contributed by atoms with Crippen LogP contribution in [0.3, 0.4) is 0 Å². The maximum Gasteiger partial charge on any atom is 0.327 e. The van der Waals surface area contributed by atoms with Crippen molar-refractivity contribution < 1.29 is 4.74 Å². The number of anilines is 1. The van der Waals surface area contributed by atoms with Gasteiger partial charge in [-0.3, -0.25) is 4.57 Å². The zero-order valence-electron chi connectivity index (χ0n) is 20.3. The van der Waals surface area contributed by atoms with Crippen LogP contribution >= 0.6 is 0 Å². The Morgan fingerprint density at radius 3 is 2.65 bits per heavy atom. The van der Waals surface area contributed by atoms with Crippen molar-refractivity contribution in [3.8, 4) is 6.01 Å². The van der Waals surface area contributed by atoms with Crippen LogP contribution in [0.15, 0.2) is 35.1 Å². The van der Waals surface area contributed by atoms with Gasteiger partial charge in [0.05, 0.1) is 6.61 Å². The molecular formula is C26H38N6O2. The molecule has 0 aliphatic carbocycles. The first-order valence-corrected chi connectivity index (χ1v) is 12.8. The summed E-state index contributed by atoms with van der Waals surface area (Å²) in [5, 5.41) is 0. The Morgan fingerprint density at radius 1 is 1.09 bits per heavy atom. The molecule has 184 valence electrons. The fourth-order valence-corrected chi connectivity index (χ4v) is 4.80. The fourth-order valence-electron chi connectivity index (χ4n) is 4.80. The molecular weight excluding hydrogens is 428 g/mol. The van der Waals surface area contributed by atoms with Crippen LogP contribution < -0.4 is 16.2 Å². The lowest BCUT2D eigenvalue weighted by molar-refractivity contribution is 0.175. The summed E-state index contributed by atoms with van der Waals surface area (Å²) < 4.78 is 7.31. The van der Waals surface area contributed by atoms with E-state index < -0.39 is 0 Å². The van der Waals surface area contributed by atoms with Gasteiger partial charge in [0.2, 0.25) is 0 Å². The third-order valence-electron chi connectivity index (χ3n) is 6.84. The van der Waals surface area contributed by atoms with Crippen molar-refractivity contribution in [1.29, 1.82) is 0 Å². The second kappa shape index (κ2) is 12.0. The van der Waals surface area contributed by atoms with Crippen LogP contribution in [0.5, 0.6) is 6.01 Å². The predicted molar refractivity (Wildman–Crippen MR) is 136 cm³/mol. The number of aromatic amines is 1. The molecule has 34 heavy (non-hydrogen) atoms. The van der Waals surface area contributed by atoms with Crippen LogP contribution in [0.4, 0.5) is 5.82 Å². The average Bonchev–Trinajstić information content (AvgIpc) is 3.17. The number of nitrogens with one attached hydrogen (secondary N) is 1. The van der Waals surface area contributed by atoms with Crippen molar-refractivity contribution in [1.82, 2.24) is 24.4 Å². The second-order valence-corrected chi connectivity index (χ2v) is 9.39. The van der Waals surface area contributed by atoms with E-state index in [1.807, 2.05) is 0 Å². The normalized spacial score (nSPS) is 15.2. The number of nitrogen functional groups attached to an aromatic ring is 1.